The minimum atomic E-state index is 1.09. The lowest BCUT2D eigenvalue weighted by atomic mass is 10.0. The highest BCUT2D eigenvalue weighted by molar-refractivity contribution is 6.12. The van der Waals surface area contributed by atoms with E-state index in [9.17, 15) is 0 Å². The quantitative estimate of drug-likeness (QED) is 0.238. The van der Waals surface area contributed by atoms with E-state index < -0.39 is 0 Å². The van der Waals surface area contributed by atoms with Gasteiger partial charge in [0.25, 0.3) is 0 Å². The van der Waals surface area contributed by atoms with E-state index in [0.29, 0.717) is 0 Å². The molecule has 0 atom stereocenters. The fraction of sp³-hybridized carbons (Fsp3) is 0. The molecule has 0 spiro atoms. The topological polar surface area (TPSA) is 9.86 Å². The molecule has 0 saturated carbocycles. The lowest BCUT2D eigenvalue weighted by molar-refractivity contribution is 1.18. The van der Waals surface area contributed by atoms with E-state index in [4.69, 9.17) is 0 Å². The largest absolute Gasteiger partial charge is 0.309 e. The standard InChI is InChI=1S/C36H22N2/c1-3-11-27(12-4-1)37-33-17-9-7-15-29(33)31-23-25(19-21-35(31)37)26-20-22-36-32(24-26)30-16-8-10-18-34(30)38(36)28-13-5-2-6-14-28/h1-7,9-15,17-24H. The predicted octanol–water partition coefficient (Wildman–Crippen LogP) is 9.15. The van der Waals surface area contributed by atoms with Gasteiger partial charge in [-0.25, -0.2) is 0 Å². The number of aromatic nitrogens is 2. The van der Waals surface area contributed by atoms with E-state index in [-0.39, 0.29) is 0 Å². The zero-order valence-corrected chi connectivity index (χ0v) is 20.6. The Morgan fingerprint density at radius 1 is 0.421 bits per heavy atom. The highest BCUT2D eigenvalue weighted by atomic mass is 15.0. The van der Waals surface area contributed by atoms with Gasteiger partial charge in [-0.3, -0.25) is 0 Å². The molecule has 2 nitrogen and oxygen atoms in total. The lowest BCUT2D eigenvalue weighted by Crippen LogP contribution is -1.93. The molecule has 8 rings (SSSR count). The summed E-state index contributed by atoms with van der Waals surface area (Å²) in [5.74, 6) is 0. The number of para-hydroxylation sites is 3. The summed E-state index contributed by atoms with van der Waals surface area (Å²) in [4.78, 5) is 0. The smallest absolute Gasteiger partial charge is 0.0631 e. The average Bonchev–Trinajstić information content (AvgIpc) is 3.50. The van der Waals surface area contributed by atoms with E-state index in [2.05, 4.69) is 149 Å². The first kappa shape index (κ1) is 20.9. The van der Waals surface area contributed by atoms with Crippen molar-refractivity contribution < 1.29 is 0 Å². The molecule has 176 valence electrons. The number of fused-ring (bicyclic) bond motifs is 6. The molecular weight excluding hydrogens is 460 g/mol. The van der Waals surface area contributed by atoms with Crippen LogP contribution in [0.2, 0.25) is 0 Å². The maximum Gasteiger partial charge on any atom is 0.0631 e. The summed E-state index contributed by atoms with van der Waals surface area (Å²) < 4.78 is 4.67. The third-order valence-electron chi connectivity index (χ3n) is 7.56. The number of nitrogens with zero attached hydrogens (tertiary/aromatic N) is 2. The molecular formula is C36H22N2. The number of hydrogen-bond donors (Lipinski definition) is 0. The van der Waals surface area contributed by atoms with Crippen LogP contribution in [0.15, 0.2) is 133 Å². The Bertz CT molecular complexity index is 1960. The second kappa shape index (κ2) is 8.13. The van der Waals surface area contributed by atoms with Gasteiger partial charge in [0, 0.05) is 27.5 Å². The van der Waals surface area contributed by atoms with Crippen molar-refractivity contribution in [3.8, 4) is 22.5 Å². The molecule has 2 heterocycles. The summed E-state index contributed by atoms with van der Waals surface area (Å²) in [6.07, 6.45) is 0. The molecule has 2 heteroatoms. The Morgan fingerprint density at radius 3 is 1.68 bits per heavy atom. The van der Waals surface area contributed by atoms with E-state index >= 15 is 0 Å². The van der Waals surface area contributed by atoms with Gasteiger partial charge in [0.1, 0.15) is 0 Å². The molecule has 0 amide bonds. The van der Waals surface area contributed by atoms with Crippen LogP contribution in [0.1, 0.15) is 0 Å². The van der Waals surface area contributed by atoms with Crippen LogP contribution < -0.4 is 0 Å². The van der Waals surface area contributed by atoms with E-state index in [1.807, 2.05) is 6.07 Å². The average molecular weight is 483 g/mol. The molecule has 38 heavy (non-hydrogen) atoms. The summed E-state index contributed by atoms with van der Waals surface area (Å²) in [5.41, 5.74) is 9.47. The van der Waals surface area contributed by atoms with Gasteiger partial charge in [0.15, 0.2) is 0 Å². The van der Waals surface area contributed by atoms with Gasteiger partial charge in [-0.05, 0) is 77.9 Å². The monoisotopic (exact) mass is 482 g/mol. The molecule has 0 saturated heterocycles. The molecule has 0 bridgehead atoms. The Labute approximate surface area is 220 Å². The first-order valence-corrected chi connectivity index (χ1v) is 12.9. The van der Waals surface area contributed by atoms with Crippen LogP contribution in [-0.4, -0.2) is 9.13 Å². The first-order chi connectivity index (χ1) is 18.9. The Hall–Kier alpha value is -5.26. The summed E-state index contributed by atoms with van der Waals surface area (Å²) in [5, 5.41) is 4.80. The van der Waals surface area contributed by atoms with E-state index in [1.165, 1.54) is 49.5 Å². The SMILES string of the molecule is c1ccc2c(c#1)c1cc(-c3ccc4c(c3)c3ccccc3n4-c3ccccc3)ccc1n2-c1ccccc1. The maximum atomic E-state index is 3.39. The molecule has 0 aliphatic carbocycles. The van der Waals surface area contributed by atoms with Gasteiger partial charge < -0.3 is 9.13 Å². The lowest BCUT2D eigenvalue weighted by Gasteiger charge is -2.09. The van der Waals surface area contributed by atoms with Gasteiger partial charge in [0.2, 0.25) is 0 Å². The van der Waals surface area contributed by atoms with Crippen LogP contribution >= 0.6 is 0 Å². The Kier molecular flexibility index (Phi) is 4.47. The number of rotatable bonds is 3. The van der Waals surface area contributed by atoms with Crippen LogP contribution in [0.4, 0.5) is 0 Å². The van der Waals surface area contributed by atoms with Crippen molar-refractivity contribution in [1.82, 2.24) is 9.13 Å². The molecule has 0 radical (unpaired) electrons. The highest BCUT2D eigenvalue weighted by Gasteiger charge is 2.15. The number of benzene rings is 5. The van der Waals surface area contributed by atoms with Crippen molar-refractivity contribution in [2.24, 2.45) is 0 Å². The van der Waals surface area contributed by atoms with Crippen molar-refractivity contribution in [1.29, 1.82) is 0 Å². The summed E-state index contributed by atoms with van der Waals surface area (Å²) in [7, 11) is 0. The summed E-state index contributed by atoms with van der Waals surface area (Å²) >= 11 is 0. The van der Waals surface area contributed by atoms with Crippen LogP contribution in [0.3, 0.4) is 0 Å². The summed E-state index contributed by atoms with van der Waals surface area (Å²) in [6.45, 7) is 0. The van der Waals surface area contributed by atoms with Crippen molar-refractivity contribution in [2.45, 2.75) is 0 Å². The van der Waals surface area contributed by atoms with Gasteiger partial charge in [-0.1, -0.05) is 78.9 Å². The minimum Gasteiger partial charge on any atom is -0.309 e. The second-order valence-corrected chi connectivity index (χ2v) is 9.69. The normalized spacial score (nSPS) is 11.5. The fourth-order valence-corrected chi connectivity index (χ4v) is 5.88. The van der Waals surface area contributed by atoms with Crippen LogP contribution in [0.5, 0.6) is 0 Å². The van der Waals surface area contributed by atoms with E-state index in [0.717, 1.165) is 16.6 Å². The third-order valence-corrected chi connectivity index (χ3v) is 7.56. The molecule has 0 aliphatic heterocycles. The van der Waals surface area contributed by atoms with Crippen LogP contribution in [0.25, 0.3) is 66.1 Å². The zero-order chi connectivity index (χ0) is 25.1. The Morgan fingerprint density at radius 2 is 0.974 bits per heavy atom. The van der Waals surface area contributed by atoms with Crippen molar-refractivity contribution in [2.75, 3.05) is 0 Å². The maximum absolute atomic E-state index is 3.39. The van der Waals surface area contributed by atoms with Gasteiger partial charge in [-0.15, -0.1) is 0 Å². The second-order valence-electron chi connectivity index (χ2n) is 9.69. The first-order valence-electron chi connectivity index (χ1n) is 12.9. The van der Waals surface area contributed by atoms with Crippen LogP contribution in [-0.2, 0) is 0 Å². The van der Waals surface area contributed by atoms with Crippen LogP contribution in [0, 0.1) is 12.1 Å². The molecule has 0 unspecified atom stereocenters. The Balaban J connectivity index is 1.36. The van der Waals surface area contributed by atoms with E-state index in [1.54, 1.807) is 0 Å². The van der Waals surface area contributed by atoms with Gasteiger partial charge >= 0.3 is 0 Å². The van der Waals surface area contributed by atoms with Crippen molar-refractivity contribution in [3.05, 3.63) is 146 Å². The molecule has 8 aromatic rings. The number of hydrogen-bond acceptors (Lipinski definition) is 0. The predicted molar refractivity (Wildman–Crippen MR) is 158 cm³/mol. The highest BCUT2D eigenvalue weighted by Crippen LogP contribution is 2.37. The van der Waals surface area contributed by atoms with Crippen molar-refractivity contribution in [3.63, 3.8) is 0 Å². The van der Waals surface area contributed by atoms with Gasteiger partial charge in [0.05, 0.1) is 27.5 Å². The molecule has 0 aliphatic rings. The third kappa shape index (κ3) is 3.03. The van der Waals surface area contributed by atoms with Crippen molar-refractivity contribution >= 4 is 43.6 Å². The fourth-order valence-electron chi connectivity index (χ4n) is 5.88. The minimum absolute atomic E-state index is 1.09. The summed E-state index contributed by atoms with van der Waals surface area (Å²) in [6, 6.07) is 54.1. The zero-order valence-electron chi connectivity index (χ0n) is 20.6. The molecule has 2 aromatic heterocycles. The molecule has 0 N–H and O–H groups in total. The van der Waals surface area contributed by atoms with Gasteiger partial charge in [-0.2, -0.15) is 0 Å². The molecule has 6 aromatic carbocycles. The molecule has 0 fully saturated rings.